The molecule has 100 valence electrons. The van der Waals surface area contributed by atoms with E-state index in [1.54, 1.807) is 18.2 Å². The first-order chi connectivity index (χ1) is 9.11. The van der Waals surface area contributed by atoms with Crippen molar-refractivity contribution in [3.63, 3.8) is 0 Å². The van der Waals surface area contributed by atoms with Crippen molar-refractivity contribution in [1.82, 2.24) is 0 Å². The lowest BCUT2D eigenvalue weighted by Gasteiger charge is -2.15. The van der Waals surface area contributed by atoms with Gasteiger partial charge >= 0.3 is 0 Å². The van der Waals surface area contributed by atoms with E-state index in [0.717, 1.165) is 0 Å². The Bertz CT molecular complexity index is 570. The average molecular weight is 264 g/mol. The Balaban J connectivity index is 2.27. The fraction of sp³-hybridized carbons (Fsp3) is 0.200. The van der Waals surface area contributed by atoms with Crippen LogP contribution < -0.4 is 4.74 Å². The maximum atomic E-state index is 13.8. The number of hydrogen-bond acceptors (Lipinski definition) is 2. The van der Waals surface area contributed by atoms with E-state index in [4.69, 9.17) is 4.74 Å². The monoisotopic (exact) mass is 264 g/mol. The minimum atomic E-state index is -1.09. The van der Waals surface area contributed by atoms with Gasteiger partial charge in [-0.2, -0.15) is 0 Å². The molecule has 0 fully saturated rings. The Morgan fingerprint density at radius 2 is 1.89 bits per heavy atom. The van der Waals surface area contributed by atoms with Crippen LogP contribution in [0.2, 0.25) is 0 Å². The van der Waals surface area contributed by atoms with E-state index >= 15 is 0 Å². The second-order valence-corrected chi connectivity index (χ2v) is 4.21. The van der Waals surface area contributed by atoms with Gasteiger partial charge in [0.2, 0.25) is 0 Å². The van der Waals surface area contributed by atoms with Crippen LogP contribution in [0.5, 0.6) is 5.75 Å². The molecule has 0 bridgehead atoms. The summed E-state index contributed by atoms with van der Waals surface area (Å²) in [7, 11) is 1.41. The normalized spacial score (nSPS) is 12.2. The molecular formula is C15H14F2O2. The van der Waals surface area contributed by atoms with Crippen molar-refractivity contribution in [3.8, 4) is 5.75 Å². The molecule has 0 saturated heterocycles. The quantitative estimate of drug-likeness (QED) is 0.918. The lowest BCUT2D eigenvalue weighted by molar-refractivity contribution is 0.169. The number of benzene rings is 2. The molecule has 1 atom stereocenters. The van der Waals surface area contributed by atoms with Crippen molar-refractivity contribution in [3.05, 3.63) is 65.2 Å². The van der Waals surface area contributed by atoms with Gasteiger partial charge in [0.1, 0.15) is 17.4 Å². The maximum Gasteiger partial charge on any atom is 0.132 e. The van der Waals surface area contributed by atoms with Gasteiger partial charge in [0.15, 0.2) is 0 Å². The summed E-state index contributed by atoms with van der Waals surface area (Å²) in [6.07, 6.45) is -0.965. The Labute approximate surface area is 110 Å². The molecule has 2 rings (SSSR count). The first-order valence-corrected chi connectivity index (χ1v) is 5.86. The van der Waals surface area contributed by atoms with Crippen molar-refractivity contribution in [2.24, 2.45) is 0 Å². The summed E-state index contributed by atoms with van der Waals surface area (Å²) in [5.74, 6) is -0.641. The summed E-state index contributed by atoms with van der Waals surface area (Å²) in [6.45, 7) is 0. The molecule has 19 heavy (non-hydrogen) atoms. The number of halogens is 2. The van der Waals surface area contributed by atoms with Crippen LogP contribution in [0.1, 0.15) is 17.2 Å². The van der Waals surface area contributed by atoms with Gasteiger partial charge in [-0.15, -0.1) is 0 Å². The van der Waals surface area contributed by atoms with Crippen LogP contribution in [0.25, 0.3) is 0 Å². The van der Waals surface area contributed by atoms with Gasteiger partial charge in [-0.25, -0.2) is 8.78 Å². The van der Waals surface area contributed by atoms with Crippen molar-refractivity contribution < 1.29 is 18.6 Å². The van der Waals surface area contributed by atoms with E-state index in [2.05, 4.69) is 0 Å². The molecule has 0 heterocycles. The third-order valence-electron chi connectivity index (χ3n) is 2.88. The highest BCUT2D eigenvalue weighted by atomic mass is 19.1. The molecule has 0 aromatic heterocycles. The molecule has 2 aromatic rings. The van der Waals surface area contributed by atoms with Gasteiger partial charge in [-0.3, -0.25) is 0 Å². The summed E-state index contributed by atoms with van der Waals surface area (Å²) >= 11 is 0. The zero-order chi connectivity index (χ0) is 13.8. The lowest BCUT2D eigenvalue weighted by atomic mass is 10.00. The molecule has 4 heteroatoms. The molecule has 0 aliphatic carbocycles. The summed E-state index contributed by atoms with van der Waals surface area (Å²) in [5, 5.41) is 10.1. The third-order valence-corrected chi connectivity index (χ3v) is 2.88. The highest BCUT2D eigenvalue weighted by Gasteiger charge is 2.18. The van der Waals surface area contributed by atoms with Crippen LogP contribution in [0.4, 0.5) is 8.78 Å². The van der Waals surface area contributed by atoms with Gasteiger partial charge in [-0.1, -0.05) is 18.2 Å². The molecular weight excluding hydrogens is 250 g/mol. The molecule has 0 saturated carbocycles. The Morgan fingerprint density at radius 3 is 2.58 bits per heavy atom. The Morgan fingerprint density at radius 1 is 1.16 bits per heavy atom. The van der Waals surface area contributed by atoms with Gasteiger partial charge in [0, 0.05) is 6.42 Å². The number of ether oxygens (including phenoxy) is 1. The first kappa shape index (κ1) is 13.5. The second-order valence-electron chi connectivity index (χ2n) is 4.21. The van der Waals surface area contributed by atoms with Gasteiger partial charge in [0.25, 0.3) is 0 Å². The lowest BCUT2D eigenvalue weighted by Crippen LogP contribution is -2.07. The Hall–Kier alpha value is -1.94. The predicted molar refractivity (Wildman–Crippen MR) is 68.0 cm³/mol. The molecule has 2 aromatic carbocycles. The van der Waals surface area contributed by atoms with Gasteiger partial charge in [-0.05, 0) is 29.8 Å². The maximum absolute atomic E-state index is 13.8. The van der Waals surface area contributed by atoms with Crippen molar-refractivity contribution >= 4 is 0 Å². The number of aliphatic hydroxyl groups excluding tert-OH is 1. The van der Waals surface area contributed by atoms with E-state index in [1.165, 1.54) is 31.4 Å². The smallest absolute Gasteiger partial charge is 0.132 e. The molecule has 1 N–H and O–H groups in total. The molecule has 0 aliphatic rings. The largest absolute Gasteiger partial charge is 0.496 e. The minimum Gasteiger partial charge on any atom is -0.496 e. The van der Waals surface area contributed by atoms with Crippen LogP contribution in [0.3, 0.4) is 0 Å². The summed E-state index contributed by atoms with van der Waals surface area (Å²) in [4.78, 5) is 0. The minimum absolute atomic E-state index is 0.0919. The summed E-state index contributed by atoms with van der Waals surface area (Å²) < 4.78 is 31.9. The van der Waals surface area contributed by atoms with E-state index < -0.39 is 11.9 Å². The van der Waals surface area contributed by atoms with Crippen LogP contribution in [0.15, 0.2) is 42.5 Å². The molecule has 2 nitrogen and oxygen atoms in total. The standard InChI is InChI=1S/C15H14F2O2/c1-19-14-7-3-6-12(17)15(14)13(18)9-10-4-2-5-11(16)8-10/h2-8,13,18H,9H2,1H3. The predicted octanol–water partition coefficient (Wildman–Crippen LogP) is 3.25. The average Bonchev–Trinajstić information content (AvgIpc) is 2.38. The Kier molecular flexibility index (Phi) is 4.12. The van der Waals surface area contributed by atoms with E-state index in [1.807, 2.05) is 0 Å². The zero-order valence-corrected chi connectivity index (χ0v) is 10.4. The fourth-order valence-corrected chi connectivity index (χ4v) is 2.01. The topological polar surface area (TPSA) is 29.5 Å². The second kappa shape index (κ2) is 5.80. The van der Waals surface area contributed by atoms with Crippen LogP contribution >= 0.6 is 0 Å². The number of rotatable bonds is 4. The summed E-state index contributed by atoms with van der Waals surface area (Å²) in [6, 6.07) is 10.2. The number of methoxy groups -OCH3 is 1. The third kappa shape index (κ3) is 3.09. The van der Waals surface area contributed by atoms with E-state index in [-0.39, 0.29) is 23.6 Å². The molecule has 1 unspecified atom stereocenters. The van der Waals surface area contributed by atoms with Gasteiger partial charge in [0.05, 0.1) is 18.8 Å². The van der Waals surface area contributed by atoms with Crippen molar-refractivity contribution in [1.29, 1.82) is 0 Å². The van der Waals surface area contributed by atoms with Crippen LogP contribution in [-0.2, 0) is 6.42 Å². The van der Waals surface area contributed by atoms with Crippen LogP contribution in [-0.4, -0.2) is 12.2 Å². The highest BCUT2D eigenvalue weighted by Crippen LogP contribution is 2.30. The summed E-state index contributed by atoms with van der Waals surface area (Å²) in [5.41, 5.74) is 0.687. The molecule has 0 radical (unpaired) electrons. The van der Waals surface area contributed by atoms with Crippen molar-refractivity contribution in [2.75, 3.05) is 7.11 Å². The molecule has 0 aliphatic heterocycles. The number of hydrogen-bond donors (Lipinski definition) is 1. The first-order valence-electron chi connectivity index (χ1n) is 5.86. The van der Waals surface area contributed by atoms with E-state index in [0.29, 0.717) is 5.56 Å². The molecule has 0 amide bonds. The van der Waals surface area contributed by atoms with Crippen molar-refractivity contribution in [2.45, 2.75) is 12.5 Å². The zero-order valence-electron chi connectivity index (χ0n) is 10.4. The van der Waals surface area contributed by atoms with E-state index in [9.17, 15) is 13.9 Å². The number of aliphatic hydroxyl groups is 1. The molecule has 0 spiro atoms. The van der Waals surface area contributed by atoms with Crippen LogP contribution in [0, 0.1) is 11.6 Å². The highest BCUT2D eigenvalue weighted by molar-refractivity contribution is 5.37. The fourth-order valence-electron chi connectivity index (χ4n) is 2.01. The van der Waals surface area contributed by atoms with Gasteiger partial charge < -0.3 is 9.84 Å². The SMILES string of the molecule is COc1cccc(F)c1C(O)Cc1cccc(F)c1.